The molecule has 19 heavy (non-hydrogen) atoms. The number of sulfone groups is 1. The molecule has 0 atom stereocenters. The molecule has 0 bridgehead atoms. The maximum Gasteiger partial charge on any atom is 0.452 e. The molecule has 104 valence electrons. The van der Waals surface area contributed by atoms with Gasteiger partial charge >= 0.3 is 13.3 Å². The van der Waals surface area contributed by atoms with Crippen molar-refractivity contribution in [3.8, 4) is 0 Å². The van der Waals surface area contributed by atoms with Crippen LogP contribution >= 0.6 is 0 Å². The molecule has 0 aliphatic carbocycles. The number of aryl methyl sites for hydroxylation is 1. The summed E-state index contributed by atoms with van der Waals surface area (Å²) in [5.74, 6) is -0.265. The fourth-order valence-electron chi connectivity index (χ4n) is 1.30. The van der Waals surface area contributed by atoms with Gasteiger partial charge in [0, 0.05) is 5.75 Å². The number of carbonyl (C=O) groups excluding carboxylic acids is 2. The molecule has 0 heterocycles. The number of rotatable bonds is 5. The molecule has 1 aromatic rings. The first kappa shape index (κ1) is 17.5. The van der Waals surface area contributed by atoms with Crippen molar-refractivity contribution >= 4 is 23.1 Å². The molecule has 0 unspecified atom stereocenters. The molecule has 6 nitrogen and oxygen atoms in total. The minimum atomic E-state index is -3.26. The van der Waals surface area contributed by atoms with Crippen molar-refractivity contribution in [3.05, 3.63) is 35.4 Å². The van der Waals surface area contributed by atoms with E-state index in [1.54, 1.807) is 12.1 Å². The average Bonchev–Trinajstić information content (AvgIpc) is 2.31. The zero-order chi connectivity index (χ0) is 14.9. The molecule has 8 heteroatoms. The van der Waals surface area contributed by atoms with Crippen LogP contribution in [0, 0.1) is 6.92 Å². The van der Waals surface area contributed by atoms with Gasteiger partial charge in [-0.15, -0.1) is 0 Å². The van der Waals surface area contributed by atoms with Crippen molar-refractivity contribution in [2.45, 2.75) is 19.0 Å². The van der Waals surface area contributed by atoms with E-state index in [9.17, 15) is 8.42 Å². The molecule has 0 aliphatic heterocycles. The maximum atomic E-state index is 11.6. The Morgan fingerprint density at radius 2 is 1.63 bits per heavy atom. The summed E-state index contributed by atoms with van der Waals surface area (Å²) >= 11 is 0. The van der Waals surface area contributed by atoms with Crippen LogP contribution in [0.3, 0.4) is 0 Å². The molecule has 2 N–H and O–H groups in total. The van der Waals surface area contributed by atoms with E-state index in [-0.39, 0.29) is 24.0 Å². The van der Waals surface area contributed by atoms with Crippen molar-refractivity contribution in [2.24, 2.45) is 0 Å². The molecular formula is C11H15BO6S. The van der Waals surface area contributed by atoms with Crippen LogP contribution in [0.1, 0.15) is 11.1 Å². The molecule has 0 spiro atoms. The van der Waals surface area contributed by atoms with Gasteiger partial charge in [-0.05, 0) is 18.8 Å². The standard InChI is InChI=1S/C10H15BO4S.CO2/c1-9-2-4-10(5-3-9)8-16(14,15)7-6-11(12)13;2-1-3/h2-5,12-13H,6-8H2,1H3;. The van der Waals surface area contributed by atoms with Crippen molar-refractivity contribution < 1.29 is 28.1 Å². The molecule has 0 saturated heterocycles. The Kier molecular flexibility index (Phi) is 7.94. The van der Waals surface area contributed by atoms with Crippen LogP contribution < -0.4 is 0 Å². The summed E-state index contributed by atoms with van der Waals surface area (Å²) in [5.41, 5.74) is 1.80. The van der Waals surface area contributed by atoms with E-state index in [1.807, 2.05) is 19.1 Å². The van der Waals surface area contributed by atoms with Gasteiger partial charge < -0.3 is 10.0 Å². The highest BCUT2D eigenvalue weighted by molar-refractivity contribution is 7.90. The first-order chi connectivity index (χ1) is 8.80. The Bertz CT molecular complexity index is 502. The Morgan fingerprint density at radius 3 is 2.05 bits per heavy atom. The van der Waals surface area contributed by atoms with Gasteiger partial charge in [-0.1, -0.05) is 29.8 Å². The SMILES string of the molecule is Cc1ccc(CS(=O)(=O)CCB(O)O)cc1.O=C=O. The molecule has 0 fully saturated rings. The summed E-state index contributed by atoms with van der Waals surface area (Å²) in [5, 5.41) is 17.2. The lowest BCUT2D eigenvalue weighted by Crippen LogP contribution is -2.18. The van der Waals surface area contributed by atoms with E-state index in [1.165, 1.54) is 0 Å². The van der Waals surface area contributed by atoms with Crippen LogP contribution in [-0.2, 0) is 25.2 Å². The van der Waals surface area contributed by atoms with E-state index in [0.717, 1.165) is 11.1 Å². The van der Waals surface area contributed by atoms with Crippen molar-refractivity contribution in [2.75, 3.05) is 5.75 Å². The average molecular weight is 286 g/mol. The van der Waals surface area contributed by atoms with Gasteiger partial charge in [0.1, 0.15) is 0 Å². The second-order valence-electron chi connectivity index (χ2n) is 3.93. The third-order valence-electron chi connectivity index (χ3n) is 2.19. The van der Waals surface area contributed by atoms with Crippen LogP contribution in [0.4, 0.5) is 0 Å². The predicted octanol–water partition coefficient (Wildman–Crippen LogP) is -0.201. The van der Waals surface area contributed by atoms with Gasteiger partial charge in [-0.25, -0.2) is 8.42 Å². The van der Waals surface area contributed by atoms with Crippen molar-refractivity contribution in [3.63, 3.8) is 0 Å². The Balaban J connectivity index is 0.000000982. The van der Waals surface area contributed by atoms with Crippen LogP contribution in [0.2, 0.25) is 6.32 Å². The molecule has 1 aromatic carbocycles. The summed E-state index contributed by atoms with van der Waals surface area (Å²) in [6, 6.07) is 7.24. The van der Waals surface area contributed by atoms with E-state index in [0.29, 0.717) is 0 Å². The lowest BCUT2D eigenvalue weighted by molar-refractivity contribution is -0.191. The van der Waals surface area contributed by atoms with Gasteiger partial charge in [0.2, 0.25) is 0 Å². The smallest absolute Gasteiger partial charge is 0.427 e. The molecular weight excluding hydrogens is 271 g/mol. The van der Waals surface area contributed by atoms with Crippen LogP contribution in [0.15, 0.2) is 24.3 Å². The first-order valence-corrected chi connectivity index (χ1v) is 7.24. The van der Waals surface area contributed by atoms with Crippen molar-refractivity contribution in [1.82, 2.24) is 0 Å². The Morgan fingerprint density at radius 1 is 1.16 bits per heavy atom. The highest BCUT2D eigenvalue weighted by Gasteiger charge is 2.16. The topological polar surface area (TPSA) is 109 Å². The lowest BCUT2D eigenvalue weighted by Gasteiger charge is -2.04. The molecule has 0 saturated carbocycles. The normalized spacial score (nSPS) is 10.1. The fraction of sp³-hybridized carbons (Fsp3) is 0.364. The van der Waals surface area contributed by atoms with E-state index in [4.69, 9.17) is 19.6 Å². The number of hydrogen-bond acceptors (Lipinski definition) is 6. The van der Waals surface area contributed by atoms with E-state index >= 15 is 0 Å². The molecule has 0 radical (unpaired) electrons. The number of hydrogen-bond donors (Lipinski definition) is 2. The summed E-state index contributed by atoms with van der Waals surface area (Å²) in [6.07, 6.45) is 0.105. The summed E-state index contributed by atoms with van der Waals surface area (Å²) in [7, 11) is -4.82. The van der Waals surface area contributed by atoms with Gasteiger partial charge in [0.15, 0.2) is 9.84 Å². The Labute approximate surface area is 112 Å². The highest BCUT2D eigenvalue weighted by Crippen LogP contribution is 2.09. The summed E-state index contributed by atoms with van der Waals surface area (Å²) in [4.78, 5) is 16.2. The minimum absolute atomic E-state index is 0.0556. The van der Waals surface area contributed by atoms with Crippen LogP contribution in [0.25, 0.3) is 0 Å². The van der Waals surface area contributed by atoms with Crippen LogP contribution in [0.5, 0.6) is 0 Å². The molecule has 0 aliphatic rings. The third-order valence-corrected chi connectivity index (χ3v) is 3.83. The lowest BCUT2D eigenvalue weighted by atomic mass is 9.88. The zero-order valence-electron chi connectivity index (χ0n) is 10.4. The summed E-state index contributed by atoms with van der Waals surface area (Å²) in [6.45, 7) is 1.93. The monoisotopic (exact) mass is 286 g/mol. The summed E-state index contributed by atoms with van der Waals surface area (Å²) < 4.78 is 23.1. The predicted molar refractivity (Wildman–Crippen MR) is 68.7 cm³/mol. The third kappa shape index (κ3) is 9.15. The quantitative estimate of drug-likeness (QED) is 0.725. The largest absolute Gasteiger partial charge is 0.452 e. The zero-order valence-corrected chi connectivity index (χ0v) is 11.3. The molecule has 1 rings (SSSR count). The maximum absolute atomic E-state index is 11.6. The Hall–Kier alpha value is -1.47. The second-order valence-corrected chi connectivity index (χ2v) is 6.11. The van der Waals surface area contributed by atoms with E-state index < -0.39 is 17.0 Å². The van der Waals surface area contributed by atoms with Crippen LogP contribution in [-0.4, -0.2) is 37.5 Å². The molecule has 0 aromatic heterocycles. The van der Waals surface area contributed by atoms with Gasteiger partial charge in [-0.2, -0.15) is 9.59 Å². The molecule has 0 amide bonds. The van der Waals surface area contributed by atoms with Gasteiger partial charge in [-0.3, -0.25) is 0 Å². The van der Waals surface area contributed by atoms with Gasteiger partial charge in [0.25, 0.3) is 0 Å². The van der Waals surface area contributed by atoms with E-state index in [2.05, 4.69) is 0 Å². The van der Waals surface area contributed by atoms with Crippen molar-refractivity contribution in [1.29, 1.82) is 0 Å². The highest BCUT2D eigenvalue weighted by atomic mass is 32.2. The second kappa shape index (κ2) is 8.60. The fourth-order valence-corrected chi connectivity index (χ4v) is 2.71. The minimum Gasteiger partial charge on any atom is -0.427 e. The van der Waals surface area contributed by atoms with Gasteiger partial charge in [0.05, 0.1) is 5.75 Å². The number of benzene rings is 1. The first-order valence-electron chi connectivity index (χ1n) is 5.42.